The highest BCUT2D eigenvalue weighted by Crippen LogP contribution is 2.09. The van der Waals surface area contributed by atoms with Crippen LogP contribution in [-0.4, -0.2) is 44.0 Å². The molecule has 2 unspecified atom stereocenters. The zero-order chi connectivity index (χ0) is 11.8. The molecule has 2 nitrogen and oxygen atoms in total. The quantitative estimate of drug-likeness (QED) is 0.677. The van der Waals surface area contributed by atoms with E-state index in [0.717, 1.165) is 13.0 Å². The van der Waals surface area contributed by atoms with Gasteiger partial charge in [0.1, 0.15) is 0 Å². The van der Waals surface area contributed by atoms with Crippen molar-refractivity contribution in [3.63, 3.8) is 0 Å². The fourth-order valence-electron chi connectivity index (χ4n) is 1.64. The van der Waals surface area contributed by atoms with Crippen molar-refractivity contribution in [1.82, 2.24) is 10.2 Å². The first-order valence-electron chi connectivity index (χ1n) is 5.71. The highest BCUT2D eigenvalue weighted by molar-refractivity contribution is 4.75. The van der Waals surface area contributed by atoms with Gasteiger partial charge in [-0.2, -0.15) is 0 Å². The highest BCUT2D eigenvalue weighted by atomic mass is 19.3. The Balaban J connectivity index is 4.03. The first kappa shape index (κ1) is 14.8. The van der Waals surface area contributed by atoms with Gasteiger partial charge in [-0.15, -0.1) is 0 Å². The van der Waals surface area contributed by atoms with Gasteiger partial charge in [0.2, 0.25) is 0 Å². The summed E-state index contributed by atoms with van der Waals surface area (Å²) in [6, 6.07) is 0.309. The van der Waals surface area contributed by atoms with Crippen LogP contribution in [0.5, 0.6) is 0 Å². The molecule has 0 spiro atoms. The molecule has 0 saturated carbocycles. The van der Waals surface area contributed by atoms with Crippen molar-refractivity contribution in [2.24, 2.45) is 5.92 Å². The molecule has 2 atom stereocenters. The molecule has 0 heterocycles. The van der Waals surface area contributed by atoms with Crippen LogP contribution in [0, 0.1) is 5.92 Å². The number of nitrogens with zero attached hydrogens (tertiary/aromatic N) is 1. The lowest BCUT2D eigenvalue weighted by molar-refractivity contribution is 0.0921. The molecule has 0 aliphatic rings. The van der Waals surface area contributed by atoms with Crippen LogP contribution in [0.4, 0.5) is 8.78 Å². The molecule has 0 amide bonds. The van der Waals surface area contributed by atoms with E-state index in [1.165, 1.54) is 0 Å². The third-order valence-corrected chi connectivity index (χ3v) is 2.76. The van der Waals surface area contributed by atoms with Gasteiger partial charge in [-0.05, 0) is 19.5 Å². The third kappa shape index (κ3) is 6.79. The minimum absolute atomic E-state index is 0.141. The predicted octanol–water partition coefficient (Wildman–Crippen LogP) is 2.21. The van der Waals surface area contributed by atoms with E-state index in [2.05, 4.69) is 19.2 Å². The Hall–Kier alpha value is -0.220. The summed E-state index contributed by atoms with van der Waals surface area (Å²) in [7, 11) is 1.75. The molecule has 1 N–H and O–H groups in total. The second kappa shape index (κ2) is 7.99. The average Bonchev–Trinajstić information content (AvgIpc) is 2.14. The van der Waals surface area contributed by atoms with Crippen molar-refractivity contribution < 1.29 is 8.78 Å². The molecule has 0 rings (SSSR count). The Morgan fingerprint density at radius 1 is 1.20 bits per heavy atom. The number of alkyl halides is 2. The Morgan fingerprint density at radius 3 is 2.20 bits per heavy atom. The lowest BCUT2D eigenvalue weighted by Gasteiger charge is -2.28. The SMILES string of the molecule is CCNC(CN(C)CC(F)F)C(C)CC. The number of nitrogens with one attached hydrogen (secondary N) is 1. The Morgan fingerprint density at radius 2 is 1.80 bits per heavy atom. The minimum Gasteiger partial charge on any atom is -0.313 e. The van der Waals surface area contributed by atoms with Crippen molar-refractivity contribution in [3.05, 3.63) is 0 Å². The van der Waals surface area contributed by atoms with Gasteiger partial charge >= 0.3 is 0 Å². The molecule has 0 fully saturated rings. The zero-order valence-corrected chi connectivity index (χ0v) is 10.3. The van der Waals surface area contributed by atoms with E-state index in [1.54, 1.807) is 11.9 Å². The van der Waals surface area contributed by atoms with E-state index in [4.69, 9.17) is 0 Å². The summed E-state index contributed by atoms with van der Waals surface area (Å²) in [5.74, 6) is 0.519. The van der Waals surface area contributed by atoms with Crippen LogP contribution >= 0.6 is 0 Å². The fourth-order valence-corrected chi connectivity index (χ4v) is 1.64. The fraction of sp³-hybridized carbons (Fsp3) is 1.00. The lowest BCUT2D eigenvalue weighted by atomic mass is 9.98. The smallest absolute Gasteiger partial charge is 0.251 e. The van der Waals surface area contributed by atoms with Gasteiger partial charge in [0.15, 0.2) is 0 Å². The maximum absolute atomic E-state index is 12.1. The molecule has 0 aliphatic heterocycles. The van der Waals surface area contributed by atoms with Gasteiger partial charge in [0, 0.05) is 12.6 Å². The minimum atomic E-state index is -2.24. The van der Waals surface area contributed by atoms with Crippen LogP contribution in [0.25, 0.3) is 0 Å². The molecule has 0 saturated heterocycles. The zero-order valence-electron chi connectivity index (χ0n) is 10.3. The van der Waals surface area contributed by atoms with Crippen molar-refractivity contribution >= 4 is 0 Å². The Bertz CT molecular complexity index is 154. The number of hydrogen-bond acceptors (Lipinski definition) is 2. The first-order valence-corrected chi connectivity index (χ1v) is 5.71. The van der Waals surface area contributed by atoms with Crippen molar-refractivity contribution in [3.8, 4) is 0 Å². The van der Waals surface area contributed by atoms with Gasteiger partial charge in [-0.1, -0.05) is 27.2 Å². The van der Waals surface area contributed by atoms with Crippen molar-refractivity contribution in [2.45, 2.75) is 39.7 Å². The van der Waals surface area contributed by atoms with Crippen LogP contribution in [0.2, 0.25) is 0 Å². The topological polar surface area (TPSA) is 15.3 Å². The summed E-state index contributed by atoms with van der Waals surface area (Å²) in [6.07, 6.45) is -1.17. The van der Waals surface area contributed by atoms with Crippen LogP contribution in [0.1, 0.15) is 27.2 Å². The molecule has 4 heteroatoms. The molecule has 92 valence electrons. The van der Waals surface area contributed by atoms with Gasteiger partial charge in [0.05, 0.1) is 6.54 Å². The second-order valence-corrected chi connectivity index (χ2v) is 4.16. The summed E-state index contributed by atoms with van der Waals surface area (Å²) in [5.41, 5.74) is 0. The van der Waals surface area contributed by atoms with Crippen LogP contribution in [-0.2, 0) is 0 Å². The second-order valence-electron chi connectivity index (χ2n) is 4.16. The van der Waals surface area contributed by atoms with E-state index in [1.807, 2.05) is 6.92 Å². The van der Waals surface area contributed by atoms with E-state index in [9.17, 15) is 8.78 Å². The van der Waals surface area contributed by atoms with Gasteiger partial charge in [-0.25, -0.2) is 8.78 Å². The van der Waals surface area contributed by atoms with E-state index in [-0.39, 0.29) is 6.54 Å². The summed E-state index contributed by atoms with van der Waals surface area (Å²) in [6.45, 7) is 7.76. The molecule has 0 aliphatic carbocycles. The van der Waals surface area contributed by atoms with Gasteiger partial charge in [0.25, 0.3) is 6.43 Å². The molecule has 0 aromatic heterocycles. The predicted molar refractivity (Wildman–Crippen MR) is 60.4 cm³/mol. The summed E-state index contributed by atoms with van der Waals surface area (Å²) in [4.78, 5) is 1.70. The summed E-state index contributed by atoms with van der Waals surface area (Å²) in [5, 5.41) is 3.35. The van der Waals surface area contributed by atoms with Gasteiger partial charge < -0.3 is 5.32 Å². The van der Waals surface area contributed by atoms with E-state index in [0.29, 0.717) is 18.5 Å². The summed E-state index contributed by atoms with van der Waals surface area (Å²) < 4.78 is 24.3. The molecule has 15 heavy (non-hydrogen) atoms. The molecule has 0 aromatic rings. The van der Waals surface area contributed by atoms with Gasteiger partial charge in [-0.3, -0.25) is 4.90 Å². The largest absolute Gasteiger partial charge is 0.313 e. The number of halogens is 2. The van der Waals surface area contributed by atoms with Crippen molar-refractivity contribution in [1.29, 1.82) is 0 Å². The molecular weight excluding hydrogens is 198 g/mol. The number of likely N-dealkylation sites (N-methyl/N-ethyl adjacent to an activating group) is 2. The lowest BCUT2D eigenvalue weighted by Crippen LogP contribution is -2.44. The highest BCUT2D eigenvalue weighted by Gasteiger charge is 2.18. The van der Waals surface area contributed by atoms with Crippen LogP contribution < -0.4 is 5.32 Å². The van der Waals surface area contributed by atoms with Crippen molar-refractivity contribution in [2.75, 3.05) is 26.7 Å². The van der Waals surface area contributed by atoms with E-state index >= 15 is 0 Å². The third-order valence-electron chi connectivity index (χ3n) is 2.76. The monoisotopic (exact) mass is 222 g/mol. The standard InChI is InChI=1S/C11H24F2N2/c1-5-9(3)10(14-6-2)7-15(4)8-11(12)13/h9-11,14H,5-8H2,1-4H3. The first-order chi connectivity index (χ1) is 7.01. The average molecular weight is 222 g/mol. The molecule has 0 bridgehead atoms. The number of rotatable bonds is 8. The normalized spacial score (nSPS) is 16.0. The van der Waals surface area contributed by atoms with Crippen LogP contribution in [0.15, 0.2) is 0 Å². The Labute approximate surface area is 92.0 Å². The van der Waals surface area contributed by atoms with E-state index < -0.39 is 6.43 Å². The molecular formula is C11H24F2N2. The Kier molecular flexibility index (Phi) is 7.88. The molecule has 0 radical (unpaired) electrons. The maximum Gasteiger partial charge on any atom is 0.251 e. The van der Waals surface area contributed by atoms with Crippen LogP contribution in [0.3, 0.4) is 0 Å². The number of hydrogen-bond donors (Lipinski definition) is 1. The molecule has 0 aromatic carbocycles. The maximum atomic E-state index is 12.1. The summed E-state index contributed by atoms with van der Waals surface area (Å²) >= 11 is 0.